The normalized spacial score (nSPS) is 12.5. The second-order valence-electron chi connectivity index (χ2n) is 6.26. The van der Waals surface area contributed by atoms with Crippen molar-refractivity contribution < 1.29 is 8.78 Å². The predicted molar refractivity (Wildman–Crippen MR) is 111 cm³/mol. The second kappa shape index (κ2) is 10.4. The summed E-state index contributed by atoms with van der Waals surface area (Å²) in [5.41, 5.74) is 2.40. The molecular formula is C18H26F2IN5. The zero-order valence-electron chi connectivity index (χ0n) is 15.5. The molecule has 8 heteroatoms. The van der Waals surface area contributed by atoms with Crippen LogP contribution in [0.4, 0.5) is 8.78 Å². The largest absolute Gasteiger partial charge is 0.356 e. The summed E-state index contributed by atoms with van der Waals surface area (Å²) in [6.07, 6.45) is 0. The van der Waals surface area contributed by atoms with Crippen LogP contribution in [-0.2, 0) is 13.1 Å². The van der Waals surface area contributed by atoms with E-state index in [0.717, 1.165) is 30.1 Å². The Morgan fingerprint density at radius 2 is 1.96 bits per heavy atom. The highest BCUT2D eigenvalue weighted by molar-refractivity contribution is 14.0. The number of aliphatic imine (C=N–C) groups is 1. The van der Waals surface area contributed by atoms with Gasteiger partial charge in [0.1, 0.15) is 11.6 Å². The fourth-order valence-electron chi connectivity index (χ4n) is 2.57. The summed E-state index contributed by atoms with van der Waals surface area (Å²) < 4.78 is 28.8. The van der Waals surface area contributed by atoms with Gasteiger partial charge in [-0.15, -0.1) is 24.0 Å². The minimum absolute atomic E-state index is 0. The van der Waals surface area contributed by atoms with Crippen LogP contribution in [0.5, 0.6) is 0 Å². The van der Waals surface area contributed by atoms with Gasteiger partial charge in [0.05, 0.1) is 5.69 Å². The molecule has 2 aromatic rings. The van der Waals surface area contributed by atoms with E-state index < -0.39 is 11.6 Å². The van der Waals surface area contributed by atoms with Gasteiger partial charge in [-0.1, -0.05) is 6.92 Å². The number of benzene rings is 1. The van der Waals surface area contributed by atoms with E-state index in [4.69, 9.17) is 0 Å². The maximum atomic E-state index is 13.6. The van der Waals surface area contributed by atoms with Crippen LogP contribution in [0.1, 0.15) is 23.9 Å². The Labute approximate surface area is 170 Å². The predicted octanol–water partition coefficient (Wildman–Crippen LogP) is 3.40. The van der Waals surface area contributed by atoms with E-state index in [-0.39, 0.29) is 36.1 Å². The average Bonchev–Trinajstić information content (AvgIpc) is 2.88. The van der Waals surface area contributed by atoms with Crippen LogP contribution in [0.2, 0.25) is 0 Å². The molecule has 0 saturated heterocycles. The molecule has 1 unspecified atom stereocenters. The molecule has 2 rings (SSSR count). The third-order valence-electron chi connectivity index (χ3n) is 3.88. The summed E-state index contributed by atoms with van der Waals surface area (Å²) in [4.78, 5) is 4.11. The summed E-state index contributed by atoms with van der Waals surface area (Å²) in [5, 5.41) is 10.7. The Morgan fingerprint density at radius 1 is 1.23 bits per heavy atom. The van der Waals surface area contributed by atoms with Crippen molar-refractivity contribution in [3.63, 3.8) is 0 Å². The molecule has 0 fully saturated rings. The number of aryl methyl sites for hydroxylation is 2. The number of aromatic nitrogens is 2. The van der Waals surface area contributed by atoms with Crippen LogP contribution >= 0.6 is 24.0 Å². The lowest BCUT2D eigenvalue weighted by Gasteiger charge is -2.17. The van der Waals surface area contributed by atoms with E-state index in [9.17, 15) is 8.78 Å². The van der Waals surface area contributed by atoms with E-state index in [1.54, 1.807) is 7.05 Å². The van der Waals surface area contributed by atoms with Gasteiger partial charge in [0.15, 0.2) is 5.96 Å². The van der Waals surface area contributed by atoms with Gasteiger partial charge < -0.3 is 10.6 Å². The lowest BCUT2D eigenvalue weighted by atomic mass is 10.2. The van der Waals surface area contributed by atoms with Crippen LogP contribution < -0.4 is 10.6 Å². The third-order valence-corrected chi connectivity index (χ3v) is 3.88. The topological polar surface area (TPSA) is 54.2 Å². The fourth-order valence-corrected chi connectivity index (χ4v) is 2.57. The molecule has 0 aliphatic heterocycles. The lowest BCUT2D eigenvalue weighted by molar-refractivity contribution is 0.436. The van der Waals surface area contributed by atoms with Crippen molar-refractivity contribution in [1.29, 1.82) is 0 Å². The average molecular weight is 477 g/mol. The van der Waals surface area contributed by atoms with E-state index in [2.05, 4.69) is 27.6 Å². The van der Waals surface area contributed by atoms with Gasteiger partial charge >= 0.3 is 0 Å². The van der Waals surface area contributed by atoms with Gasteiger partial charge in [-0.3, -0.25) is 9.67 Å². The highest BCUT2D eigenvalue weighted by Crippen LogP contribution is 2.09. The number of rotatable bonds is 6. The first-order chi connectivity index (χ1) is 11.9. The number of nitrogens with one attached hydrogen (secondary N) is 2. The van der Waals surface area contributed by atoms with Crippen molar-refractivity contribution in [3.05, 3.63) is 52.9 Å². The summed E-state index contributed by atoms with van der Waals surface area (Å²) in [5.74, 6) is -0.0340. The first-order valence-electron chi connectivity index (χ1n) is 8.28. The molecule has 0 aliphatic carbocycles. The number of halogens is 3. The molecule has 26 heavy (non-hydrogen) atoms. The van der Waals surface area contributed by atoms with E-state index in [1.807, 2.05) is 24.6 Å². The van der Waals surface area contributed by atoms with Gasteiger partial charge in [0.2, 0.25) is 0 Å². The minimum atomic E-state index is -0.459. The summed E-state index contributed by atoms with van der Waals surface area (Å²) in [6, 6.07) is 5.46. The Morgan fingerprint density at radius 3 is 2.58 bits per heavy atom. The van der Waals surface area contributed by atoms with E-state index in [0.29, 0.717) is 18.4 Å². The number of hydrogen-bond acceptors (Lipinski definition) is 2. The first kappa shape index (κ1) is 22.3. The Kier molecular flexibility index (Phi) is 8.97. The van der Waals surface area contributed by atoms with E-state index in [1.165, 1.54) is 6.07 Å². The van der Waals surface area contributed by atoms with Crippen molar-refractivity contribution in [1.82, 2.24) is 20.4 Å². The smallest absolute Gasteiger partial charge is 0.191 e. The fraction of sp³-hybridized carbons (Fsp3) is 0.444. The molecule has 1 aromatic heterocycles. The number of nitrogens with zero attached hydrogens (tertiary/aromatic N) is 3. The molecule has 5 nitrogen and oxygen atoms in total. The van der Waals surface area contributed by atoms with Crippen molar-refractivity contribution in [2.75, 3.05) is 13.6 Å². The molecule has 0 amide bonds. The summed E-state index contributed by atoms with van der Waals surface area (Å²) in [6.45, 7) is 7.77. The van der Waals surface area contributed by atoms with Gasteiger partial charge in [-0.05, 0) is 44.0 Å². The highest BCUT2D eigenvalue weighted by atomic mass is 127. The summed E-state index contributed by atoms with van der Waals surface area (Å²) in [7, 11) is 1.64. The molecule has 1 aromatic carbocycles. The molecule has 0 saturated carbocycles. The maximum Gasteiger partial charge on any atom is 0.191 e. The van der Waals surface area contributed by atoms with Crippen LogP contribution in [-0.4, -0.2) is 29.3 Å². The SMILES string of the molecule is CN=C(NCc1cc(F)ccc1F)NCC(C)Cn1nc(C)cc1C.I. The highest BCUT2D eigenvalue weighted by Gasteiger charge is 2.09. The molecular weight excluding hydrogens is 451 g/mol. The molecule has 0 radical (unpaired) electrons. The van der Waals surface area contributed by atoms with Crippen molar-refractivity contribution in [2.24, 2.45) is 10.9 Å². The Balaban J connectivity index is 0.00000338. The van der Waals surface area contributed by atoms with Gasteiger partial charge in [0, 0.05) is 37.9 Å². The van der Waals surface area contributed by atoms with Crippen LogP contribution in [0, 0.1) is 31.4 Å². The molecule has 0 aliphatic rings. The lowest BCUT2D eigenvalue weighted by Crippen LogP contribution is -2.39. The zero-order chi connectivity index (χ0) is 18.4. The standard InChI is InChI=1S/C18H25F2N5.HI/c1-12(11-25-14(3)7-13(2)24-25)9-22-18(21-4)23-10-15-8-16(19)5-6-17(15)20;/h5-8,12H,9-11H2,1-4H3,(H2,21,22,23);1H. The van der Waals surface area contributed by atoms with Crippen molar-refractivity contribution in [3.8, 4) is 0 Å². The quantitative estimate of drug-likeness (QED) is 0.381. The van der Waals surface area contributed by atoms with Crippen LogP contribution in [0.25, 0.3) is 0 Å². The molecule has 0 bridgehead atoms. The minimum Gasteiger partial charge on any atom is -0.356 e. The van der Waals surface area contributed by atoms with Crippen molar-refractivity contribution in [2.45, 2.75) is 33.9 Å². The van der Waals surface area contributed by atoms with Gasteiger partial charge in [0.25, 0.3) is 0 Å². The second-order valence-corrected chi connectivity index (χ2v) is 6.26. The Hall–Kier alpha value is -1.71. The molecule has 144 valence electrons. The van der Waals surface area contributed by atoms with Gasteiger partial charge in [-0.2, -0.15) is 5.10 Å². The third kappa shape index (κ3) is 6.54. The summed E-state index contributed by atoms with van der Waals surface area (Å²) >= 11 is 0. The molecule has 0 spiro atoms. The first-order valence-corrected chi connectivity index (χ1v) is 8.28. The van der Waals surface area contributed by atoms with Crippen LogP contribution in [0.15, 0.2) is 29.3 Å². The Bertz CT molecular complexity index is 745. The zero-order valence-corrected chi connectivity index (χ0v) is 17.8. The van der Waals surface area contributed by atoms with E-state index >= 15 is 0 Å². The van der Waals surface area contributed by atoms with Gasteiger partial charge in [-0.25, -0.2) is 8.78 Å². The maximum absolute atomic E-state index is 13.6. The van der Waals surface area contributed by atoms with Crippen LogP contribution in [0.3, 0.4) is 0 Å². The molecule has 1 atom stereocenters. The number of hydrogen-bond donors (Lipinski definition) is 2. The molecule has 1 heterocycles. The van der Waals surface area contributed by atoms with Crippen molar-refractivity contribution >= 4 is 29.9 Å². The number of guanidine groups is 1. The monoisotopic (exact) mass is 477 g/mol. The molecule has 2 N–H and O–H groups in total.